The third-order valence-corrected chi connectivity index (χ3v) is 6.23. The van der Waals surface area contributed by atoms with Gasteiger partial charge in [-0.3, -0.25) is 4.79 Å². The Balaban J connectivity index is 1.47. The van der Waals surface area contributed by atoms with E-state index in [1.165, 1.54) is 24.3 Å². The van der Waals surface area contributed by atoms with Gasteiger partial charge in [-0.05, 0) is 70.3 Å². The lowest BCUT2D eigenvalue weighted by molar-refractivity contribution is -0.111. The van der Waals surface area contributed by atoms with Crippen molar-refractivity contribution in [1.82, 2.24) is 14.9 Å². The van der Waals surface area contributed by atoms with E-state index in [1.54, 1.807) is 6.07 Å². The van der Waals surface area contributed by atoms with Crippen LogP contribution in [0.15, 0.2) is 42.5 Å². The van der Waals surface area contributed by atoms with Crippen molar-refractivity contribution in [1.29, 1.82) is 0 Å². The Hall–Kier alpha value is -3.03. The number of nitrogens with one attached hydrogen (secondary N) is 1. The monoisotopic (exact) mass is 467 g/mol. The molecule has 4 rings (SSSR count). The second kappa shape index (κ2) is 9.85. The zero-order valence-corrected chi connectivity index (χ0v) is 19.7. The van der Waals surface area contributed by atoms with Gasteiger partial charge in [-0.1, -0.05) is 17.7 Å². The van der Waals surface area contributed by atoms with Crippen molar-refractivity contribution < 1.29 is 9.18 Å². The Bertz CT molecular complexity index is 1200. The molecular formula is C25H27ClFN5O. The number of benzene rings is 2. The number of fused-ring (bicyclic) bond motifs is 1. The number of aromatic nitrogens is 2. The van der Waals surface area contributed by atoms with E-state index in [0.717, 1.165) is 48.5 Å². The number of aryl methyl sites for hydroxylation is 1. The van der Waals surface area contributed by atoms with Crippen LogP contribution < -0.4 is 10.2 Å². The van der Waals surface area contributed by atoms with Gasteiger partial charge in [0, 0.05) is 46.9 Å². The fourth-order valence-corrected chi connectivity index (χ4v) is 4.21. The number of piperidine rings is 1. The van der Waals surface area contributed by atoms with E-state index >= 15 is 0 Å². The first-order valence-corrected chi connectivity index (χ1v) is 11.3. The third-order valence-electron chi connectivity index (χ3n) is 6.00. The summed E-state index contributed by atoms with van der Waals surface area (Å²) in [6.07, 6.45) is 4.89. The average Bonchev–Trinajstić information content (AvgIpc) is 2.79. The topological polar surface area (TPSA) is 61.4 Å². The van der Waals surface area contributed by atoms with E-state index < -0.39 is 5.82 Å². The molecule has 2 heterocycles. The molecule has 0 bridgehead atoms. The van der Waals surface area contributed by atoms with Gasteiger partial charge < -0.3 is 15.1 Å². The van der Waals surface area contributed by atoms with Crippen molar-refractivity contribution >= 4 is 46.1 Å². The Morgan fingerprint density at radius 2 is 1.94 bits per heavy atom. The molecule has 1 amide bonds. The molecule has 1 saturated heterocycles. The van der Waals surface area contributed by atoms with E-state index in [2.05, 4.69) is 29.2 Å². The molecule has 6 nitrogen and oxygen atoms in total. The molecule has 1 aliphatic heterocycles. The molecule has 0 saturated carbocycles. The largest absolute Gasteiger partial charge is 0.341 e. The minimum atomic E-state index is -0.480. The Kier molecular flexibility index (Phi) is 6.91. The molecule has 0 spiro atoms. The lowest BCUT2D eigenvalue weighted by atomic mass is 10.0. The van der Waals surface area contributed by atoms with Gasteiger partial charge in [-0.15, -0.1) is 0 Å². The summed E-state index contributed by atoms with van der Waals surface area (Å²) in [7, 11) is 4.25. The van der Waals surface area contributed by atoms with Gasteiger partial charge in [0.05, 0.1) is 11.2 Å². The number of hydrogen-bond donors (Lipinski definition) is 1. The third kappa shape index (κ3) is 5.49. The summed E-state index contributed by atoms with van der Waals surface area (Å²) in [5.41, 5.74) is 2.61. The van der Waals surface area contributed by atoms with Crippen LogP contribution >= 0.6 is 11.6 Å². The molecule has 172 valence electrons. The molecule has 1 aromatic heterocycles. The Morgan fingerprint density at radius 3 is 2.64 bits per heavy atom. The fourth-order valence-electron chi connectivity index (χ4n) is 4.05. The predicted octanol–water partition coefficient (Wildman–Crippen LogP) is 4.91. The normalized spacial score (nSPS) is 15.0. The van der Waals surface area contributed by atoms with Crippen LogP contribution in [0, 0.1) is 12.7 Å². The highest BCUT2D eigenvalue weighted by Gasteiger charge is 2.22. The van der Waals surface area contributed by atoms with Crippen molar-refractivity contribution in [3.05, 3.63) is 64.6 Å². The molecule has 0 atom stereocenters. The molecule has 1 fully saturated rings. The maximum absolute atomic E-state index is 13.9. The second-order valence-corrected chi connectivity index (χ2v) is 8.95. The Labute approximate surface area is 198 Å². The number of amides is 1. The highest BCUT2D eigenvalue weighted by molar-refractivity contribution is 6.30. The van der Waals surface area contributed by atoms with Crippen molar-refractivity contribution in [2.45, 2.75) is 25.8 Å². The summed E-state index contributed by atoms with van der Waals surface area (Å²) in [5, 5.41) is 4.00. The van der Waals surface area contributed by atoms with E-state index in [9.17, 15) is 9.18 Å². The van der Waals surface area contributed by atoms with Gasteiger partial charge in [0.1, 0.15) is 5.82 Å². The van der Waals surface area contributed by atoms with Crippen molar-refractivity contribution in [3.63, 3.8) is 0 Å². The van der Waals surface area contributed by atoms with Gasteiger partial charge in [-0.25, -0.2) is 14.4 Å². The number of nitrogens with zero attached hydrogens (tertiary/aromatic N) is 4. The zero-order valence-electron chi connectivity index (χ0n) is 19.0. The molecular weight excluding hydrogens is 441 g/mol. The van der Waals surface area contributed by atoms with Crippen LogP contribution in [0.25, 0.3) is 17.0 Å². The molecule has 0 unspecified atom stereocenters. The van der Waals surface area contributed by atoms with Crippen LogP contribution in [0.3, 0.4) is 0 Å². The first kappa shape index (κ1) is 23.1. The van der Waals surface area contributed by atoms with Crippen molar-refractivity contribution in [2.75, 3.05) is 37.4 Å². The summed E-state index contributed by atoms with van der Waals surface area (Å²) < 4.78 is 13.9. The number of carbonyl (C=O) groups excluding carboxylic acids is 1. The Morgan fingerprint density at radius 1 is 1.18 bits per heavy atom. The SMILES string of the molecule is Cc1nc(N2CCC(N(C)C)CC2)nc2ccc(NC(=O)C=Cc3ccc(Cl)cc3F)cc12. The summed E-state index contributed by atoms with van der Waals surface area (Å²) in [4.78, 5) is 26.3. The maximum atomic E-state index is 13.9. The standard InChI is InChI=1S/C25H27ClFN5O/c1-16-21-15-19(29-24(33)9-5-17-4-6-18(26)14-22(17)27)7-8-23(21)30-25(28-16)32-12-10-20(11-13-32)31(2)3/h4-9,14-15,20H,10-13H2,1-3H3,(H,29,33). The minimum Gasteiger partial charge on any atom is -0.341 e. The van der Waals surface area contributed by atoms with Gasteiger partial charge in [0.2, 0.25) is 11.9 Å². The molecule has 0 radical (unpaired) electrons. The number of hydrogen-bond acceptors (Lipinski definition) is 5. The summed E-state index contributed by atoms with van der Waals surface area (Å²) in [5.74, 6) is -0.0867. The van der Waals surface area contributed by atoms with Gasteiger partial charge in [0.25, 0.3) is 0 Å². The van der Waals surface area contributed by atoms with Crippen LogP contribution in [0.2, 0.25) is 5.02 Å². The van der Waals surface area contributed by atoms with Gasteiger partial charge >= 0.3 is 0 Å². The van der Waals surface area contributed by atoms with E-state index in [0.29, 0.717) is 22.3 Å². The summed E-state index contributed by atoms with van der Waals surface area (Å²) in [6.45, 7) is 3.82. The van der Waals surface area contributed by atoms with Crippen LogP contribution in [0.4, 0.5) is 16.0 Å². The molecule has 0 aliphatic carbocycles. The zero-order chi connectivity index (χ0) is 23.5. The highest BCUT2D eigenvalue weighted by Crippen LogP contribution is 2.25. The molecule has 1 N–H and O–H groups in total. The average molecular weight is 468 g/mol. The number of rotatable bonds is 5. The molecule has 33 heavy (non-hydrogen) atoms. The van der Waals surface area contributed by atoms with Gasteiger partial charge in [0.15, 0.2) is 0 Å². The van der Waals surface area contributed by atoms with Crippen LogP contribution in [-0.2, 0) is 4.79 Å². The smallest absolute Gasteiger partial charge is 0.248 e. The number of anilines is 2. The first-order valence-electron chi connectivity index (χ1n) is 10.9. The van der Waals surface area contributed by atoms with Crippen LogP contribution in [0.5, 0.6) is 0 Å². The lowest BCUT2D eigenvalue weighted by Crippen LogP contribution is -2.42. The second-order valence-electron chi connectivity index (χ2n) is 8.51. The van der Waals surface area contributed by atoms with Gasteiger partial charge in [-0.2, -0.15) is 0 Å². The summed E-state index contributed by atoms with van der Waals surface area (Å²) >= 11 is 5.76. The van der Waals surface area contributed by atoms with E-state index in [4.69, 9.17) is 21.6 Å². The first-order chi connectivity index (χ1) is 15.8. The van der Waals surface area contributed by atoms with Crippen molar-refractivity contribution in [3.8, 4) is 0 Å². The van der Waals surface area contributed by atoms with Crippen LogP contribution in [-0.4, -0.2) is 54.0 Å². The maximum Gasteiger partial charge on any atom is 0.248 e. The van der Waals surface area contributed by atoms with Crippen LogP contribution in [0.1, 0.15) is 24.1 Å². The number of carbonyl (C=O) groups is 1. The quantitative estimate of drug-likeness (QED) is 0.540. The van der Waals surface area contributed by atoms with Crippen molar-refractivity contribution in [2.24, 2.45) is 0 Å². The molecule has 3 aromatic rings. The predicted molar refractivity (Wildman–Crippen MR) is 132 cm³/mol. The number of halogens is 2. The fraction of sp³-hybridized carbons (Fsp3) is 0.320. The molecule has 1 aliphatic rings. The van der Waals surface area contributed by atoms with E-state index in [-0.39, 0.29) is 5.91 Å². The molecule has 8 heteroatoms. The van der Waals surface area contributed by atoms with E-state index in [1.807, 2.05) is 25.1 Å². The summed E-state index contributed by atoms with van der Waals surface area (Å²) in [6, 6.07) is 10.5. The highest BCUT2D eigenvalue weighted by atomic mass is 35.5. The lowest BCUT2D eigenvalue weighted by Gasteiger charge is -2.35. The molecule has 2 aromatic carbocycles. The minimum absolute atomic E-state index is 0.291.